The van der Waals surface area contributed by atoms with Gasteiger partial charge in [-0.1, -0.05) is 31.2 Å². The summed E-state index contributed by atoms with van der Waals surface area (Å²) >= 11 is 0. The summed E-state index contributed by atoms with van der Waals surface area (Å²) < 4.78 is 42.9. The van der Waals surface area contributed by atoms with Gasteiger partial charge in [-0.15, -0.1) is 0 Å². The third-order valence-electron chi connectivity index (χ3n) is 5.38. The first-order chi connectivity index (χ1) is 14.8. The molecule has 1 heterocycles. The van der Waals surface area contributed by atoms with Crippen molar-refractivity contribution >= 4 is 5.91 Å². The molecule has 1 saturated heterocycles. The molecule has 1 aliphatic heterocycles. The first-order valence-corrected chi connectivity index (χ1v) is 10.4. The molecule has 1 fully saturated rings. The molecule has 2 aromatic rings. The van der Waals surface area contributed by atoms with Gasteiger partial charge in [-0.05, 0) is 41.9 Å². The van der Waals surface area contributed by atoms with Crippen LogP contribution in [0.4, 0.5) is 13.2 Å². The van der Waals surface area contributed by atoms with Gasteiger partial charge in [-0.2, -0.15) is 13.2 Å². The van der Waals surface area contributed by atoms with Crippen LogP contribution in [-0.2, 0) is 24.1 Å². The van der Waals surface area contributed by atoms with Gasteiger partial charge in [-0.3, -0.25) is 9.69 Å². The number of rotatable bonds is 8. The Balaban J connectivity index is 1.38. The summed E-state index contributed by atoms with van der Waals surface area (Å²) in [4.78, 5) is 16.9. The summed E-state index contributed by atoms with van der Waals surface area (Å²) in [5.74, 6) is -0.120. The average Bonchev–Trinajstić information content (AvgIpc) is 2.77. The number of nitrogens with one attached hydrogen (secondary N) is 1. The Morgan fingerprint density at radius 2 is 1.52 bits per heavy atom. The Hall–Kier alpha value is -2.58. The highest BCUT2D eigenvalue weighted by Crippen LogP contribution is 2.30. The van der Waals surface area contributed by atoms with E-state index < -0.39 is 11.7 Å². The van der Waals surface area contributed by atoms with Crippen molar-refractivity contribution in [2.75, 3.05) is 39.3 Å². The van der Waals surface area contributed by atoms with E-state index in [0.717, 1.165) is 57.0 Å². The van der Waals surface area contributed by atoms with Crippen molar-refractivity contribution in [1.29, 1.82) is 0 Å². The van der Waals surface area contributed by atoms with Crippen LogP contribution in [0.2, 0.25) is 0 Å². The Bertz CT molecular complexity index is 831. The molecule has 0 unspecified atom stereocenters. The van der Waals surface area contributed by atoms with Crippen molar-refractivity contribution in [3.63, 3.8) is 0 Å². The highest BCUT2D eigenvalue weighted by molar-refractivity contribution is 5.77. The predicted molar refractivity (Wildman–Crippen MR) is 113 cm³/mol. The Morgan fingerprint density at radius 3 is 2.10 bits per heavy atom. The maximum Gasteiger partial charge on any atom is 0.416 e. The number of alkyl halides is 3. The van der Waals surface area contributed by atoms with Crippen LogP contribution in [0.15, 0.2) is 48.5 Å². The maximum atomic E-state index is 12.6. The Labute approximate surface area is 180 Å². The standard InChI is InChI=1S/C23H28F3N3O2/c1-2-28-11-13-29(14-12-28)16-19-5-3-18(4-6-19)15-27-22(30)17-31-21-9-7-20(8-10-21)23(24,25)26/h3-10H,2,11-17H2,1H3,(H,27,30). The van der Waals surface area contributed by atoms with Gasteiger partial charge in [-0.25, -0.2) is 0 Å². The summed E-state index contributed by atoms with van der Waals surface area (Å²) in [5, 5.41) is 2.76. The molecule has 0 spiro atoms. The number of piperazine rings is 1. The van der Waals surface area contributed by atoms with Gasteiger partial charge in [0, 0.05) is 39.3 Å². The van der Waals surface area contributed by atoms with E-state index in [4.69, 9.17) is 4.74 Å². The van der Waals surface area contributed by atoms with Gasteiger partial charge in [0.1, 0.15) is 5.75 Å². The molecule has 0 aromatic heterocycles. The van der Waals surface area contributed by atoms with Crippen LogP contribution < -0.4 is 10.1 Å². The molecule has 0 bridgehead atoms. The summed E-state index contributed by atoms with van der Waals surface area (Å²) in [6, 6.07) is 12.4. The third kappa shape index (κ3) is 7.25. The predicted octanol–water partition coefficient (Wildman–Crippen LogP) is 3.54. The van der Waals surface area contributed by atoms with Crippen LogP contribution in [0.5, 0.6) is 5.75 Å². The number of hydrogen-bond acceptors (Lipinski definition) is 4. The molecular formula is C23H28F3N3O2. The van der Waals surface area contributed by atoms with Crippen molar-refractivity contribution in [1.82, 2.24) is 15.1 Å². The number of nitrogens with zero attached hydrogens (tertiary/aromatic N) is 2. The Kier molecular flexibility index (Phi) is 7.92. The van der Waals surface area contributed by atoms with Crippen molar-refractivity contribution in [2.45, 2.75) is 26.2 Å². The van der Waals surface area contributed by atoms with Gasteiger partial charge in [0.25, 0.3) is 5.91 Å². The van der Waals surface area contributed by atoms with Gasteiger partial charge < -0.3 is 15.0 Å². The zero-order valence-electron chi connectivity index (χ0n) is 17.6. The highest BCUT2D eigenvalue weighted by atomic mass is 19.4. The molecule has 5 nitrogen and oxygen atoms in total. The number of benzene rings is 2. The number of carbonyl (C=O) groups is 1. The van der Waals surface area contributed by atoms with Crippen molar-refractivity contribution in [3.05, 3.63) is 65.2 Å². The molecule has 0 saturated carbocycles. The molecule has 1 amide bonds. The van der Waals surface area contributed by atoms with Crippen LogP contribution in [0.1, 0.15) is 23.6 Å². The fourth-order valence-corrected chi connectivity index (χ4v) is 3.43. The third-order valence-corrected chi connectivity index (χ3v) is 5.38. The fourth-order valence-electron chi connectivity index (χ4n) is 3.43. The molecule has 31 heavy (non-hydrogen) atoms. The average molecular weight is 435 g/mol. The summed E-state index contributed by atoms with van der Waals surface area (Å²) in [6.45, 7) is 8.68. The van der Waals surface area contributed by atoms with Crippen LogP contribution >= 0.6 is 0 Å². The first-order valence-electron chi connectivity index (χ1n) is 10.4. The lowest BCUT2D eigenvalue weighted by molar-refractivity contribution is -0.137. The molecule has 0 radical (unpaired) electrons. The second-order valence-corrected chi connectivity index (χ2v) is 7.61. The van der Waals surface area contributed by atoms with Gasteiger partial charge >= 0.3 is 6.18 Å². The van der Waals surface area contributed by atoms with E-state index in [-0.39, 0.29) is 18.3 Å². The fraction of sp³-hybridized carbons (Fsp3) is 0.435. The number of amides is 1. The van der Waals surface area contributed by atoms with Crippen molar-refractivity contribution in [2.24, 2.45) is 0 Å². The second kappa shape index (κ2) is 10.6. The normalized spacial score (nSPS) is 15.6. The van der Waals surface area contributed by atoms with E-state index in [9.17, 15) is 18.0 Å². The Morgan fingerprint density at radius 1 is 0.935 bits per heavy atom. The van der Waals surface area contributed by atoms with E-state index >= 15 is 0 Å². The van der Waals surface area contributed by atoms with Crippen LogP contribution in [-0.4, -0.2) is 55.0 Å². The molecule has 168 valence electrons. The van der Waals surface area contributed by atoms with E-state index in [1.165, 1.54) is 17.7 Å². The van der Waals surface area contributed by atoms with Crippen LogP contribution in [0, 0.1) is 0 Å². The monoisotopic (exact) mass is 435 g/mol. The maximum absolute atomic E-state index is 12.6. The summed E-state index contributed by atoms with van der Waals surface area (Å²) in [6.07, 6.45) is -4.39. The van der Waals surface area contributed by atoms with Gasteiger partial charge in [0.15, 0.2) is 6.61 Å². The van der Waals surface area contributed by atoms with Crippen LogP contribution in [0.25, 0.3) is 0 Å². The lowest BCUT2D eigenvalue weighted by Crippen LogP contribution is -2.45. The minimum absolute atomic E-state index is 0.215. The van der Waals surface area contributed by atoms with E-state index in [1.807, 2.05) is 12.1 Å². The zero-order valence-corrected chi connectivity index (χ0v) is 17.6. The van der Waals surface area contributed by atoms with E-state index in [2.05, 4.69) is 34.2 Å². The van der Waals surface area contributed by atoms with E-state index in [0.29, 0.717) is 6.54 Å². The quantitative estimate of drug-likeness (QED) is 0.689. The number of halogens is 3. The number of ether oxygens (including phenoxy) is 1. The molecule has 3 rings (SSSR count). The largest absolute Gasteiger partial charge is 0.484 e. The van der Waals surface area contributed by atoms with E-state index in [1.54, 1.807) is 0 Å². The molecule has 0 atom stereocenters. The zero-order chi connectivity index (χ0) is 22.3. The van der Waals surface area contributed by atoms with Crippen molar-refractivity contribution < 1.29 is 22.7 Å². The topological polar surface area (TPSA) is 44.8 Å². The number of carbonyl (C=O) groups excluding carboxylic acids is 1. The molecule has 0 aliphatic carbocycles. The van der Waals surface area contributed by atoms with Crippen LogP contribution in [0.3, 0.4) is 0 Å². The minimum atomic E-state index is -4.39. The van der Waals surface area contributed by atoms with Crippen molar-refractivity contribution in [3.8, 4) is 5.75 Å². The molecule has 1 N–H and O–H groups in total. The van der Waals surface area contributed by atoms with Gasteiger partial charge in [0.05, 0.1) is 5.56 Å². The number of likely N-dealkylation sites (N-methyl/N-ethyl adjacent to an activating group) is 1. The second-order valence-electron chi connectivity index (χ2n) is 7.61. The molecule has 1 aliphatic rings. The minimum Gasteiger partial charge on any atom is -0.484 e. The first kappa shape index (κ1) is 23.1. The summed E-state index contributed by atoms with van der Waals surface area (Å²) in [7, 11) is 0. The molecular weight excluding hydrogens is 407 g/mol. The smallest absolute Gasteiger partial charge is 0.416 e. The summed E-state index contributed by atoms with van der Waals surface area (Å²) in [5.41, 5.74) is 1.46. The highest BCUT2D eigenvalue weighted by Gasteiger charge is 2.30. The molecule has 2 aromatic carbocycles. The lowest BCUT2D eigenvalue weighted by Gasteiger charge is -2.34. The number of hydrogen-bond donors (Lipinski definition) is 1. The molecule has 8 heteroatoms. The van der Waals surface area contributed by atoms with Gasteiger partial charge in [0.2, 0.25) is 0 Å². The lowest BCUT2D eigenvalue weighted by atomic mass is 10.1. The SMILES string of the molecule is CCN1CCN(Cc2ccc(CNC(=O)COc3ccc(C(F)(F)F)cc3)cc2)CC1.